The number of nitrogens with zero attached hydrogens (tertiary/aromatic N) is 2. The highest BCUT2D eigenvalue weighted by molar-refractivity contribution is 5.99. The molecule has 21 heavy (non-hydrogen) atoms. The minimum atomic E-state index is -1.02. The number of fused-ring (bicyclic) bond motifs is 1. The Labute approximate surface area is 124 Å². The minimum absolute atomic E-state index is 0.155. The molecule has 0 aromatic rings. The lowest BCUT2D eigenvalue weighted by Gasteiger charge is -2.44. The number of carboxylic acid groups (broad SMARTS) is 1. The topological polar surface area (TPSA) is 81.1 Å². The highest BCUT2D eigenvalue weighted by Crippen LogP contribution is 2.44. The fraction of sp³-hybridized carbons (Fsp3) is 0.733. The first-order chi connectivity index (χ1) is 10.0. The standard InChI is InChI=1S/C15H22N2O4/c1-9(18)12-11-8-10(4-7-16-5-2-3-6-16)13(15(20)21)17(11)14(12)19/h9,11-12,18H,2-8H2,1H3,(H,20,21)/t9-,11-,12-/m1/s1. The van der Waals surface area contributed by atoms with Crippen molar-refractivity contribution in [2.24, 2.45) is 5.92 Å². The van der Waals surface area contributed by atoms with E-state index >= 15 is 0 Å². The van der Waals surface area contributed by atoms with Crippen LogP contribution in [0.2, 0.25) is 0 Å². The fourth-order valence-corrected chi connectivity index (χ4v) is 3.88. The summed E-state index contributed by atoms with van der Waals surface area (Å²) < 4.78 is 0. The van der Waals surface area contributed by atoms with Gasteiger partial charge in [-0.15, -0.1) is 0 Å². The lowest BCUT2D eigenvalue weighted by molar-refractivity contribution is -0.161. The number of carboxylic acids is 1. The van der Waals surface area contributed by atoms with Gasteiger partial charge in [0.25, 0.3) is 0 Å². The van der Waals surface area contributed by atoms with E-state index in [1.807, 2.05) is 0 Å². The molecule has 0 aliphatic carbocycles. The van der Waals surface area contributed by atoms with Crippen LogP contribution in [-0.4, -0.2) is 63.7 Å². The summed E-state index contributed by atoms with van der Waals surface area (Å²) in [6.45, 7) is 4.62. The average molecular weight is 294 g/mol. The number of aliphatic carboxylic acids is 1. The number of carbonyl (C=O) groups excluding carboxylic acids is 1. The third-order valence-corrected chi connectivity index (χ3v) is 4.95. The predicted molar refractivity (Wildman–Crippen MR) is 75.4 cm³/mol. The quantitative estimate of drug-likeness (QED) is 0.718. The summed E-state index contributed by atoms with van der Waals surface area (Å²) in [5.74, 6) is -1.71. The molecule has 0 unspecified atom stereocenters. The van der Waals surface area contributed by atoms with Crippen molar-refractivity contribution < 1.29 is 19.8 Å². The minimum Gasteiger partial charge on any atom is -0.477 e. The molecule has 3 atom stereocenters. The predicted octanol–water partition coefficient (Wildman–Crippen LogP) is 0.422. The fourth-order valence-electron chi connectivity index (χ4n) is 3.88. The average Bonchev–Trinajstić information content (AvgIpc) is 3.01. The maximum Gasteiger partial charge on any atom is 0.352 e. The van der Waals surface area contributed by atoms with Crippen LogP contribution in [0.4, 0.5) is 0 Å². The summed E-state index contributed by atoms with van der Waals surface area (Å²) in [4.78, 5) is 27.3. The van der Waals surface area contributed by atoms with Gasteiger partial charge in [0.05, 0.1) is 18.1 Å². The van der Waals surface area contributed by atoms with Gasteiger partial charge in [-0.1, -0.05) is 0 Å². The number of likely N-dealkylation sites (tertiary alicyclic amines) is 1. The zero-order valence-electron chi connectivity index (χ0n) is 12.3. The molecule has 3 aliphatic rings. The molecule has 0 bridgehead atoms. The summed E-state index contributed by atoms with van der Waals surface area (Å²) in [5, 5.41) is 19.1. The van der Waals surface area contributed by atoms with Crippen LogP contribution in [0.5, 0.6) is 0 Å². The number of aliphatic hydroxyl groups excluding tert-OH is 1. The molecule has 2 fully saturated rings. The number of aliphatic hydroxyl groups is 1. The van der Waals surface area contributed by atoms with Crippen molar-refractivity contribution >= 4 is 11.9 Å². The summed E-state index contributed by atoms with van der Waals surface area (Å²) in [7, 11) is 0. The van der Waals surface area contributed by atoms with E-state index < -0.39 is 18.0 Å². The van der Waals surface area contributed by atoms with E-state index in [-0.39, 0.29) is 17.6 Å². The zero-order chi connectivity index (χ0) is 15.1. The Kier molecular flexibility index (Phi) is 3.75. The molecule has 0 spiro atoms. The molecule has 6 heteroatoms. The van der Waals surface area contributed by atoms with Crippen LogP contribution in [0.3, 0.4) is 0 Å². The molecule has 116 valence electrons. The summed E-state index contributed by atoms with van der Waals surface area (Å²) >= 11 is 0. The first-order valence-corrected chi connectivity index (χ1v) is 7.69. The van der Waals surface area contributed by atoms with Crippen molar-refractivity contribution in [2.45, 2.75) is 44.8 Å². The highest BCUT2D eigenvalue weighted by Gasteiger charge is 2.56. The molecule has 3 rings (SSSR count). The molecule has 1 amide bonds. The Morgan fingerprint density at radius 1 is 1.38 bits per heavy atom. The second-order valence-electron chi connectivity index (χ2n) is 6.30. The number of carbonyl (C=O) groups is 2. The maximum absolute atomic E-state index is 12.1. The molecular formula is C15H22N2O4. The maximum atomic E-state index is 12.1. The van der Waals surface area contributed by atoms with E-state index in [0.29, 0.717) is 12.8 Å². The Hall–Kier alpha value is -1.40. The second kappa shape index (κ2) is 5.42. The Balaban J connectivity index is 1.72. The number of β-lactam (4-membered cyclic amide) rings is 1. The van der Waals surface area contributed by atoms with Crippen molar-refractivity contribution in [2.75, 3.05) is 19.6 Å². The molecule has 0 aromatic heterocycles. The third kappa shape index (κ3) is 2.36. The van der Waals surface area contributed by atoms with Crippen molar-refractivity contribution in [3.8, 4) is 0 Å². The van der Waals surface area contributed by atoms with Gasteiger partial charge in [-0.2, -0.15) is 0 Å². The van der Waals surface area contributed by atoms with Gasteiger partial charge >= 0.3 is 5.97 Å². The van der Waals surface area contributed by atoms with Crippen LogP contribution in [-0.2, 0) is 9.59 Å². The highest BCUT2D eigenvalue weighted by atomic mass is 16.4. The molecule has 2 N–H and O–H groups in total. The van der Waals surface area contributed by atoms with E-state index in [1.54, 1.807) is 6.92 Å². The number of hydrogen-bond donors (Lipinski definition) is 2. The van der Waals surface area contributed by atoms with Gasteiger partial charge in [0.2, 0.25) is 5.91 Å². The molecule has 3 aliphatic heterocycles. The number of rotatable bonds is 5. The smallest absolute Gasteiger partial charge is 0.352 e. The molecular weight excluding hydrogens is 272 g/mol. The monoisotopic (exact) mass is 294 g/mol. The van der Waals surface area contributed by atoms with Crippen LogP contribution < -0.4 is 0 Å². The van der Waals surface area contributed by atoms with Crippen LogP contribution in [0.15, 0.2) is 11.3 Å². The van der Waals surface area contributed by atoms with Crippen molar-refractivity contribution in [3.05, 3.63) is 11.3 Å². The Morgan fingerprint density at radius 2 is 2.05 bits per heavy atom. The van der Waals surface area contributed by atoms with Crippen LogP contribution in [0, 0.1) is 5.92 Å². The van der Waals surface area contributed by atoms with E-state index in [1.165, 1.54) is 17.7 Å². The Morgan fingerprint density at radius 3 is 2.62 bits per heavy atom. The normalized spacial score (nSPS) is 30.6. The summed E-state index contributed by atoms with van der Waals surface area (Å²) in [6.07, 6.45) is 3.00. The molecule has 0 saturated carbocycles. The summed E-state index contributed by atoms with van der Waals surface area (Å²) in [6, 6.07) is -0.155. The van der Waals surface area contributed by atoms with Gasteiger partial charge in [-0.25, -0.2) is 4.79 Å². The molecule has 6 nitrogen and oxygen atoms in total. The SMILES string of the molecule is C[C@@H](O)[C@H]1C(=O)N2C(C(=O)O)=C(CCN3CCCC3)C[C@H]12. The van der Waals surface area contributed by atoms with Crippen LogP contribution in [0.25, 0.3) is 0 Å². The third-order valence-electron chi connectivity index (χ3n) is 4.95. The van der Waals surface area contributed by atoms with Crippen molar-refractivity contribution in [1.82, 2.24) is 9.80 Å². The molecule has 0 radical (unpaired) electrons. The van der Waals surface area contributed by atoms with Gasteiger partial charge in [0.15, 0.2) is 0 Å². The lowest BCUT2D eigenvalue weighted by Crippen LogP contribution is -2.61. The number of amides is 1. The van der Waals surface area contributed by atoms with E-state index in [0.717, 1.165) is 25.2 Å². The lowest BCUT2D eigenvalue weighted by atomic mass is 9.83. The first-order valence-electron chi connectivity index (χ1n) is 7.69. The van der Waals surface area contributed by atoms with Gasteiger partial charge in [0, 0.05) is 6.54 Å². The molecule has 3 heterocycles. The van der Waals surface area contributed by atoms with Gasteiger partial charge < -0.3 is 20.0 Å². The first kappa shape index (κ1) is 14.5. The molecule has 2 saturated heterocycles. The zero-order valence-corrected chi connectivity index (χ0v) is 12.3. The second-order valence-corrected chi connectivity index (χ2v) is 6.30. The van der Waals surface area contributed by atoms with Crippen LogP contribution >= 0.6 is 0 Å². The summed E-state index contributed by atoms with van der Waals surface area (Å²) in [5.41, 5.74) is 1.02. The molecule has 0 aromatic carbocycles. The van der Waals surface area contributed by atoms with E-state index in [2.05, 4.69) is 4.90 Å². The Bertz CT molecular complexity index is 494. The number of hydrogen-bond acceptors (Lipinski definition) is 4. The van der Waals surface area contributed by atoms with Crippen molar-refractivity contribution in [1.29, 1.82) is 0 Å². The van der Waals surface area contributed by atoms with Gasteiger partial charge in [0.1, 0.15) is 5.70 Å². The van der Waals surface area contributed by atoms with Gasteiger partial charge in [-0.05, 0) is 51.3 Å². The van der Waals surface area contributed by atoms with Gasteiger partial charge in [-0.3, -0.25) is 4.79 Å². The largest absolute Gasteiger partial charge is 0.477 e. The van der Waals surface area contributed by atoms with E-state index in [4.69, 9.17) is 0 Å². The van der Waals surface area contributed by atoms with E-state index in [9.17, 15) is 19.8 Å². The van der Waals surface area contributed by atoms with Crippen LogP contribution in [0.1, 0.15) is 32.6 Å². The van der Waals surface area contributed by atoms with Crippen molar-refractivity contribution in [3.63, 3.8) is 0 Å².